The molecule has 0 bridgehead atoms. The zero-order chi connectivity index (χ0) is 14.1. The molecule has 0 saturated carbocycles. The van der Waals surface area contributed by atoms with Gasteiger partial charge in [-0.2, -0.15) is 0 Å². The molecule has 106 valence electrons. The van der Waals surface area contributed by atoms with Crippen molar-refractivity contribution < 1.29 is 14.3 Å². The zero-order valence-corrected chi connectivity index (χ0v) is 11.7. The summed E-state index contributed by atoms with van der Waals surface area (Å²) >= 11 is 0. The summed E-state index contributed by atoms with van der Waals surface area (Å²) in [5.74, 6) is 1.48. The van der Waals surface area contributed by atoms with Gasteiger partial charge in [-0.05, 0) is 25.5 Å². The fraction of sp³-hybridized carbons (Fsp3) is 0.500. The molecule has 19 heavy (non-hydrogen) atoms. The van der Waals surface area contributed by atoms with Crippen LogP contribution in [0.2, 0.25) is 0 Å². The Hall–Kier alpha value is -1.91. The Kier molecular flexibility index (Phi) is 6.57. The molecule has 0 radical (unpaired) electrons. The Bertz CT molecular complexity index is 396. The fourth-order valence-electron chi connectivity index (χ4n) is 1.40. The third-order valence-electron chi connectivity index (χ3n) is 2.69. The molecule has 0 heterocycles. The molecule has 0 fully saturated rings. The van der Waals surface area contributed by atoms with E-state index in [1.54, 1.807) is 13.2 Å². The molecule has 2 N–H and O–H groups in total. The van der Waals surface area contributed by atoms with Crippen LogP contribution in [0.5, 0.6) is 11.5 Å². The summed E-state index contributed by atoms with van der Waals surface area (Å²) in [7, 11) is 1.61. The lowest BCUT2D eigenvalue weighted by molar-refractivity contribution is 0.233. The first-order valence-electron chi connectivity index (χ1n) is 6.47. The van der Waals surface area contributed by atoms with E-state index in [1.165, 1.54) is 0 Å². The van der Waals surface area contributed by atoms with Crippen LogP contribution in [0.3, 0.4) is 0 Å². The maximum absolute atomic E-state index is 11.4. The minimum atomic E-state index is -0.163. The fourth-order valence-corrected chi connectivity index (χ4v) is 1.40. The largest absolute Gasteiger partial charge is 0.497 e. The monoisotopic (exact) mass is 266 g/mol. The van der Waals surface area contributed by atoms with Crippen LogP contribution in [-0.4, -0.2) is 32.3 Å². The molecule has 0 spiro atoms. The molecule has 0 aliphatic carbocycles. The van der Waals surface area contributed by atoms with E-state index in [0.717, 1.165) is 17.9 Å². The second kappa shape index (κ2) is 8.24. The highest BCUT2D eigenvalue weighted by molar-refractivity contribution is 5.74. The third-order valence-corrected chi connectivity index (χ3v) is 2.69. The molecule has 5 nitrogen and oxygen atoms in total. The van der Waals surface area contributed by atoms with Crippen LogP contribution in [0, 0.1) is 0 Å². The van der Waals surface area contributed by atoms with Gasteiger partial charge >= 0.3 is 6.03 Å². The number of rotatable bonds is 7. The quantitative estimate of drug-likeness (QED) is 0.744. The molecule has 1 rings (SSSR count). The van der Waals surface area contributed by atoms with Crippen LogP contribution in [-0.2, 0) is 0 Å². The predicted octanol–water partition coefficient (Wildman–Crippen LogP) is 2.17. The number of carbonyl (C=O) groups is 1. The van der Waals surface area contributed by atoms with Crippen LogP contribution in [0.25, 0.3) is 0 Å². The van der Waals surface area contributed by atoms with Gasteiger partial charge in [0.25, 0.3) is 0 Å². The number of methoxy groups -OCH3 is 1. The lowest BCUT2D eigenvalue weighted by atomic mass is 10.3. The first-order chi connectivity index (χ1) is 9.15. The summed E-state index contributed by atoms with van der Waals surface area (Å²) in [4.78, 5) is 11.4. The van der Waals surface area contributed by atoms with Crippen molar-refractivity contribution in [3.8, 4) is 11.5 Å². The average molecular weight is 266 g/mol. The number of amides is 2. The maximum atomic E-state index is 11.4. The summed E-state index contributed by atoms with van der Waals surface area (Å²) < 4.78 is 10.6. The Labute approximate surface area is 114 Å². The number of urea groups is 1. The van der Waals surface area contributed by atoms with E-state index in [2.05, 4.69) is 10.6 Å². The standard InChI is InChI=1S/C14H22N2O3/c1-4-11(2)16-14(17)15-8-9-19-13-7-5-6-12(10-13)18-3/h5-7,10-11H,4,8-9H2,1-3H3,(H2,15,16,17). The Morgan fingerprint density at radius 3 is 2.79 bits per heavy atom. The first kappa shape index (κ1) is 15.1. The summed E-state index contributed by atoms with van der Waals surface area (Å²) in [6.07, 6.45) is 0.910. The van der Waals surface area contributed by atoms with E-state index in [1.807, 2.05) is 32.0 Å². The van der Waals surface area contributed by atoms with Crippen LogP contribution < -0.4 is 20.1 Å². The van der Waals surface area contributed by atoms with Gasteiger partial charge in [0.15, 0.2) is 0 Å². The van der Waals surface area contributed by atoms with Crippen molar-refractivity contribution in [1.29, 1.82) is 0 Å². The highest BCUT2D eigenvalue weighted by Gasteiger charge is 2.03. The van der Waals surface area contributed by atoms with Crippen molar-refractivity contribution in [1.82, 2.24) is 10.6 Å². The van der Waals surface area contributed by atoms with Crippen molar-refractivity contribution in [3.63, 3.8) is 0 Å². The number of nitrogens with one attached hydrogen (secondary N) is 2. The Balaban J connectivity index is 2.21. The molecule has 1 aromatic carbocycles. The third kappa shape index (κ3) is 5.99. The smallest absolute Gasteiger partial charge is 0.315 e. The number of hydrogen-bond acceptors (Lipinski definition) is 3. The molecule has 1 aromatic rings. The van der Waals surface area contributed by atoms with Crippen molar-refractivity contribution in [2.45, 2.75) is 26.3 Å². The van der Waals surface area contributed by atoms with Gasteiger partial charge in [0.2, 0.25) is 0 Å². The summed E-state index contributed by atoms with van der Waals surface area (Å²) in [5, 5.41) is 5.56. The lowest BCUT2D eigenvalue weighted by Gasteiger charge is -2.13. The summed E-state index contributed by atoms with van der Waals surface area (Å²) in [6.45, 7) is 4.86. The van der Waals surface area contributed by atoms with Crippen molar-refractivity contribution in [3.05, 3.63) is 24.3 Å². The molecule has 0 saturated heterocycles. The van der Waals surface area contributed by atoms with Gasteiger partial charge in [0, 0.05) is 12.1 Å². The van der Waals surface area contributed by atoms with E-state index in [-0.39, 0.29) is 12.1 Å². The van der Waals surface area contributed by atoms with Crippen LogP contribution in [0.1, 0.15) is 20.3 Å². The van der Waals surface area contributed by atoms with Gasteiger partial charge in [-0.1, -0.05) is 13.0 Å². The minimum absolute atomic E-state index is 0.163. The van der Waals surface area contributed by atoms with Crippen LogP contribution in [0.15, 0.2) is 24.3 Å². The highest BCUT2D eigenvalue weighted by Crippen LogP contribution is 2.18. The van der Waals surface area contributed by atoms with Crippen LogP contribution in [0.4, 0.5) is 4.79 Å². The number of carbonyl (C=O) groups excluding carboxylic acids is 1. The molecule has 1 unspecified atom stereocenters. The van der Waals surface area contributed by atoms with E-state index < -0.39 is 0 Å². The first-order valence-corrected chi connectivity index (χ1v) is 6.47. The molecular weight excluding hydrogens is 244 g/mol. The lowest BCUT2D eigenvalue weighted by Crippen LogP contribution is -2.41. The number of ether oxygens (including phenoxy) is 2. The normalized spacial score (nSPS) is 11.5. The summed E-state index contributed by atoms with van der Waals surface area (Å²) in [5.41, 5.74) is 0. The second-order valence-corrected chi connectivity index (χ2v) is 4.24. The van der Waals surface area contributed by atoms with E-state index in [0.29, 0.717) is 13.2 Å². The number of benzene rings is 1. The molecule has 1 atom stereocenters. The van der Waals surface area contributed by atoms with Gasteiger partial charge in [-0.15, -0.1) is 0 Å². The Morgan fingerprint density at radius 1 is 1.37 bits per heavy atom. The SMILES string of the molecule is CCC(C)NC(=O)NCCOc1cccc(OC)c1. The topological polar surface area (TPSA) is 59.6 Å². The van der Waals surface area contributed by atoms with Crippen LogP contribution >= 0.6 is 0 Å². The molecule has 0 aromatic heterocycles. The highest BCUT2D eigenvalue weighted by atomic mass is 16.5. The molecule has 0 aliphatic heterocycles. The Morgan fingerprint density at radius 2 is 2.11 bits per heavy atom. The average Bonchev–Trinajstić information content (AvgIpc) is 2.43. The summed E-state index contributed by atoms with van der Waals surface area (Å²) in [6, 6.07) is 7.38. The zero-order valence-electron chi connectivity index (χ0n) is 11.7. The van der Waals surface area contributed by atoms with Crippen molar-refractivity contribution in [2.75, 3.05) is 20.3 Å². The van der Waals surface area contributed by atoms with Gasteiger partial charge in [-0.25, -0.2) is 4.79 Å². The second-order valence-electron chi connectivity index (χ2n) is 4.24. The minimum Gasteiger partial charge on any atom is -0.497 e. The van der Waals surface area contributed by atoms with E-state index in [9.17, 15) is 4.79 Å². The van der Waals surface area contributed by atoms with E-state index >= 15 is 0 Å². The number of hydrogen-bond donors (Lipinski definition) is 2. The predicted molar refractivity (Wildman–Crippen MR) is 74.8 cm³/mol. The molecular formula is C14H22N2O3. The van der Waals surface area contributed by atoms with Crippen molar-refractivity contribution in [2.24, 2.45) is 0 Å². The van der Waals surface area contributed by atoms with Crippen molar-refractivity contribution >= 4 is 6.03 Å². The molecule has 5 heteroatoms. The molecule has 2 amide bonds. The molecule has 0 aliphatic rings. The van der Waals surface area contributed by atoms with E-state index in [4.69, 9.17) is 9.47 Å². The maximum Gasteiger partial charge on any atom is 0.315 e. The van der Waals surface area contributed by atoms with Gasteiger partial charge in [0.1, 0.15) is 18.1 Å². The van der Waals surface area contributed by atoms with Gasteiger partial charge in [-0.3, -0.25) is 0 Å². The van der Waals surface area contributed by atoms with Gasteiger partial charge < -0.3 is 20.1 Å². The van der Waals surface area contributed by atoms with Gasteiger partial charge in [0.05, 0.1) is 13.7 Å².